The van der Waals surface area contributed by atoms with E-state index in [9.17, 15) is 9.59 Å². The summed E-state index contributed by atoms with van der Waals surface area (Å²) in [4.78, 5) is 31.7. The van der Waals surface area contributed by atoms with Gasteiger partial charge in [-0.15, -0.1) is 0 Å². The third-order valence-corrected chi connectivity index (χ3v) is 6.26. The molecule has 2 amide bonds. The Balaban J connectivity index is 1.78. The molecular weight excluding hydrogens is 266 g/mol. The lowest BCUT2D eigenvalue weighted by Gasteiger charge is -2.68. The Kier molecular flexibility index (Phi) is 1.83. The lowest BCUT2D eigenvalue weighted by molar-refractivity contribution is -0.156. The van der Waals surface area contributed by atoms with Crippen molar-refractivity contribution in [2.24, 2.45) is 17.3 Å². The molecule has 2 saturated heterocycles. The van der Waals surface area contributed by atoms with Crippen LogP contribution in [0.25, 0.3) is 0 Å². The van der Waals surface area contributed by atoms with E-state index in [-0.39, 0.29) is 23.1 Å². The fraction of sp³-hybridized carbons (Fsp3) is 0.562. The lowest BCUT2D eigenvalue weighted by Crippen LogP contribution is -2.80. The molecule has 0 aromatic carbocycles. The Morgan fingerprint density at radius 3 is 3.10 bits per heavy atom. The van der Waals surface area contributed by atoms with E-state index in [4.69, 9.17) is 0 Å². The van der Waals surface area contributed by atoms with Crippen molar-refractivity contribution in [3.8, 4) is 0 Å². The predicted octanol–water partition coefficient (Wildman–Crippen LogP) is 1.69. The van der Waals surface area contributed by atoms with Gasteiger partial charge in [-0.2, -0.15) is 0 Å². The molecule has 1 N–H and O–H groups in total. The Labute approximate surface area is 122 Å². The van der Waals surface area contributed by atoms with Crippen molar-refractivity contribution in [2.75, 3.05) is 4.90 Å². The first-order valence-electron chi connectivity index (χ1n) is 7.67. The summed E-state index contributed by atoms with van der Waals surface area (Å²) in [7, 11) is 0. The van der Waals surface area contributed by atoms with Gasteiger partial charge in [0.15, 0.2) is 0 Å². The van der Waals surface area contributed by atoms with Crippen LogP contribution in [0.1, 0.15) is 43.0 Å². The van der Waals surface area contributed by atoms with Crippen LogP contribution in [-0.2, 0) is 4.79 Å². The van der Waals surface area contributed by atoms with Crippen molar-refractivity contribution in [1.82, 2.24) is 10.3 Å². The monoisotopic (exact) mass is 283 g/mol. The predicted molar refractivity (Wildman–Crippen MR) is 75.5 cm³/mol. The van der Waals surface area contributed by atoms with Gasteiger partial charge in [-0.05, 0) is 43.2 Å². The van der Waals surface area contributed by atoms with E-state index < -0.39 is 5.66 Å². The van der Waals surface area contributed by atoms with Crippen molar-refractivity contribution >= 4 is 17.6 Å². The van der Waals surface area contributed by atoms with Crippen LogP contribution in [0.4, 0.5) is 5.82 Å². The summed E-state index contributed by atoms with van der Waals surface area (Å²) in [5.74, 6) is 1.07. The molecule has 1 aromatic heterocycles. The van der Waals surface area contributed by atoms with E-state index >= 15 is 0 Å². The Bertz CT molecular complexity index is 703. The number of amides is 2. The minimum atomic E-state index is -0.530. The number of nitrogens with one attached hydrogen (secondary N) is 1. The van der Waals surface area contributed by atoms with Crippen LogP contribution in [0.5, 0.6) is 0 Å². The van der Waals surface area contributed by atoms with E-state index in [1.165, 1.54) is 0 Å². The van der Waals surface area contributed by atoms with Gasteiger partial charge in [0.05, 0.1) is 5.56 Å². The van der Waals surface area contributed by atoms with E-state index in [1.807, 2.05) is 4.90 Å². The highest BCUT2D eigenvalue weighted by atomic mass is 16.2. The van der Waals surface area contributed by atoms with Crippen LogP contribution in [0.15, 0.2) is 18.3 Å². The maximum absolute atomic E-state index is 13.0. The van der Waals surface area contributed by atoms with Crippen molar-refractivity contribution in [3.63, 3.8) is 0 Å². The summed E-state index contributed by atoms with van der Waals surface area (Å²) in [5.41, 5.74) is 0.0177. The molecule has 6 aliphatic rings. The minimum Gasteiger partial charge on any atom is -0.328 e. The lowest BCUT2D eigenvalue weighted by atomic mass is 9.48. The number of carbonyl (C=O) groups is 2. The fourth-order valence-electron chi connectivity index (χ4n) is 5.30. The molecule has 1 spiro atoms. The molecule has 3 unspecified atom stereocenters. The number of nitrogens with zero attached hydrogens (tertiary/aromatic N) is 2. The number of piperidine rings is 2. The van der Waals surface area contributed by atoms with E-state index in [1.54, 1.807) is 18.3 Å². The summed E-state index contributed by atoms with van der Waals surface area (Å²) >= 11 is 0. The first kappa shape index (κ1) is 11.7. The number of anilines is 1. The molecule has 1 aromatic rings. The van der Waals surface area contributed by atoms with Gasteiger partial charge in [-0.25, -0.2) is 4.98 Å². The zero-order valence-corrected chi connectivity index (χ0v) is 11.9. The normalized spacial score (nSPS) is 42.6. The van der Waals surface area contributed by atoms with Crippen LogP contribution >= 0.6 is 0 Å². The number of carbonyl (C=O) groups excluding carboxylic acids is 2. The van der Waals surface area contributed by atoms with Crippen molar-refractivity contribution in [3.05, 3.63) is 23.9 Å². The quantitative estimate of drug-likeness (QED) is 0.788. The van der Waals surface area contributed by atoms with Crippen LogP contribution < -0.4 is 10.2 Å². The molecule has 3 aliphatic carbocycles. The number of pyridine rings is 1. The number of aromatic nitrogens is 1. The second kappa shape index (κ2) is 3.29. The molecular formula is C16H17N3O2. The molecule has 21 heavy (non-hydrogen) atoms. The van der Waals surface area contributed by atoms with Crippen molar-refractivity contribution in [1.29, 1.82) is 0 Å². The van der Waals surface area contributed by atoms with Crippen LogP contribution in [0, 0.1) is 17.3 Å². The molecule has 5 fully saturated rings. The van der Waals surface area contributed by atoms with Crippen LogP contribution in [0.3, 0.4) is 0 Å². The summed E-state index contributed by atoms with van der Waals surface area (Å²) in [6, 6.07) is 3.50. The number of hydrogen-bond donors (Lipinski definition) is 1. The van der Waals surface area contributed by atoms with Gasteiger partial charge in [-0.1, -0.05) is 6.92 Å². The highest BCUT2D eigenvalue weighted by Gasteiger charge is 2.69. The van der Waals surface area contributed by atoms with Gasteiger partial charge in [0.2, 0.25) is 5.91 Å². The Morgan fingerprint density at radius 2 is 2.29 bits per heavy atom. The van der Waals surface area contributed by atoms with Gasteiger partial charge < -0.3 is 5.32 Å². The molecule has 4 heterocycles. The molecule has 4 bridgehead atoms. The topological polar surface area (TPSA) is 62.3 Å². The average molecular weight is 283 g/mol. The van der Waals surface area contributed by atoms with Gasteiger partial charge >= 0.3 is 0 Å². The van der Waals surface area contributed by atoms with Crippen LogP contribution in [0.2, 0.25) is 0 Å². The molecule has 5 heteroatoms. The van der Waals surface area contributed by atoms with Gasteiger partial charge in [0.1, 0.15) is 11.5 Å². The molecule has 0 radical (unpaired) electrons. The third-order valence-electron chi connectivity index (χ3n) is 6.26. The van der Waals surface area contributed by atoms with Crippen molar-refractivity contribution in [2.45, 2.75) is 38.3 Å². The number of hydrogen-bond acceptors (Lipinski definition) is 3. The first-order valence-corrected chi connectivity index (χ1v) is 7.67. The number of fused-ring (bicyclic) bond motifs is 2. The first-order chi connectivity index (χ1) is 10.1. The zero-order chi connectivity index (χ0) is 14.4. The average Bonchev–Trinajstić information content (AvgIpc) is 2.46. The van der Waals surface area contributed by atoms with Crippen LogP contribution in [-0.4, -0.2) is 22.5 Å². The minimum absolute atomic E-state index is 0.0297. The standard InChI is InChI=1S/C16H17N3O2/c1-15-5-4-9-7-11(15)14(21)19-12-10(3-2-6-17-12)13(20)18-16(9,19)8-15/h2-3,6,9,11H,4-5,7-8H2,1H3,(H,18,20)/t9?,11?,15?,16-/m1/s1. The van der Waals surface area contributed by atoms with E-state index in [2.05, 4.69) is 17.2 Å². The summed E-state index contributed by atoms with van der Waals surface area (Å²) in [6.07, 6.45) is 5.62. The van der Waals surface area contributed by atoms with Crippen molar-refractivity contribution < 1.29 is 9.59 Å². The van der Waals surface area contributed by atoms with E-state index in [0.29, 0.717) is 17.3 Å². The molecule has 108 valence electrons. The molecule has 5 nitrogen and oxygen atoms in total. The SMILES string of the molecule is CC12CCC3CC1C(=O)N1c4ncccc4C(=O)N[C@@]31C2. The highest BCUT2D eigenvalue weighted by molar-refractivity contribution is 6.09. The van der Waals surface area contributed by atoms with Gasteiger partial charge in [0.25, 0.3) is 5.91 Å². The molecule has 4 atom stereocenters. The third kappa shape index (κ3) is 1.14. The maximum Gasteiger partial charge on any atom is 0.256 e. The van der Waals surface area contributed by atoms with Gasteiger partial charge in [-0.3, -0.25) is 14.5 Å². The highest BCUT2D eigenvalue weighted by Crippen LogP contribution is 2.64. The van der Waals surface area contributed by atoms with E-state index in [0.717, 1.165) is 25.7 Å². The summed E-state index contributed by atoms with van der Waals surface area (Å²) in [5, 5.41) is 3.19. The second-order valence-corrected chi connectivity index (χ2v) is 7.28. The smallest absolute Gasteiger partial charge is 0.256 e. The Hall–Kier alpha value is -1.91. The summed E-state index contributed by atoms with van der Waals surface area (Å²) < 4.78 is 0. The molecule has 3 saturated carbocycles. The molecule has 3 aliphatic heterocycles. The summed E-state index contributed by atoms with van der Waals surface area (Å²) in [6.45, 7) is 2.21. The maximum atomic E-state index is 13.0. The van der Waals surface area contributed by atoms with Gasteiger partial charge in [0, 0.05) is 18.0 Å². The molecule has 7 rings (SSSR count). The largest absolute Gasteiger partial charge is 0.328 e. The number of rotatable bonds is 0. The second-order valence-electron chi connectivity index (χ2n) is 7.28. The Morgan fingerprint density at radius 1 is 1.43 bits per heavy atom. The fourth-order valence-corrected chi connectivity index (χ4v) is 5.30. The zero-order valence-electron chi connectivity index (χ0n) is 11.9.